The van der Waals surface area contributed by atoms with Crippen molar-refractivity contribution in [1.29, 1.82) is 0 Å². The maximum Gasteiger partial charge on any atom is 0.205 e. The van der Waals surface area contributed by atoms with Crippen LogP contribution < -0.4 is 0 Å². The minimum atomic E-state index is -0.278. The van der Waals surface area contributed by atoms with Gasteiger partial charge in [0.05, 0.1) is 17.6 Å². The number of hydrogen-bond acceptors (Lipinski definition) is 5. The third-order valence-electron chi connectivity index (χ3n) is 4.14. The summed E-state index contributed by atoms with van der Waals surface area (Å²) >= 11 is 1.50. The molecule has 0 unspecified atom stereocenters. The number of aryl methyl sites for hydroxylation is 2. The standard InChI is InChI=1S/C20H17FN4OS/c1-13-3-8-17(14(2)9-13)25-12-23-24-20(25)27-11-19-22-10-18(26-19)15-4-6-16(21)7-5-15/h3-10,12H,11H2,1-2H3. The fourth-order valence-electron chi connectivity index (χ4n) is 2.81. The zero-order chi connectivity index (χ0) is 18.8. The van der Waals surface area contributed by atoms with Gasteiger partial charge < -0.3 is 4.42 Å². The normalized spacial score (nSPS) is 11.1. The molecule has 4 rings (SSSR count). The molecule has 0 saturated heterocycles. The highest BCUT2D eigenvalue weighted by Crippen LogP contribution is 2.27. The molecule has 2 heterocycles. The molecule has 0 saturated carbocycles. The van der Waals surface area contributed by atoms with Gasteiger partial charge in [-0.25, -0.2) is 9.37 Å². The molecule has 0 aliphatic rings. The lowest BCUT2D eigenvalue weighted by Crippen LogP contribution is -1.98. The molecular weight excluding hydrogens is 363 g/mol. The summed E-state index contributed by atoms with van der Waals surface area (Å²) in [6.07, 6.45) is 3.36. The largest absolute Gasteiger partial charge is 0.440 e. The van der Waals surface area contributed by atoms with E-state index >= 15 is 0 Å². The van der Waals surface area contributed by atoms with E-state index in [0.29, 0.717) is 17.4 Å². The molecule has 0 N–H and O–H groups in total. The number of benzene rings is 2. The highest BCUT2D eigenvalue weighted by Gasteiger charge is 2.12. The summed E-state index contributed by atoms with van der Waals surface area (Å²) in [5, 5.41) is 9.02. The number of thioether (sulfide) groups is 1. The van der Waals surface area contributed by atoms with Crippen LogP contribution in [0.2, 0.25) is 0 Å². The van der Waals surface area contributed by atoms with Crippen molar-refractivity contribution in [3.05, 3.63) is 77.8 Å². The van der Waals surface area contributed by atoms with E-state index in [-0.39, 0.29) is 5.82 Å². The molecule has 0 fully saturated rings. The first-order chi connectivity index (χ1) is 13.1. The van der Waals surface area contributed by atoms with Gasteiger partial charge in [-0.1, -0.05) is 29.5 Å². The molecule has 7 heteroatoms. The van der Waals surface area contributed by atoms with Crippen LogP contribution in [0.15, 0.2) is 64.6 Å². The van der Waals surface area contributed by atoms with Gasteiger partial charge in [-0.3, -0.25) is 4.57 Å². The third-order valence-corrected chi connectivity index (χ3v) is 5.06. The molecule has 0 bridgehead atoms. The molecule has 2 aromatic carbocycles. The minimum absolute atomic E-state index is 0.278. The average Bonchev–Trinajstić information content (AvgIpc) is 3.30. The zero-order valence-corrected chi connectivity index (χ0v) is 15.7. The highest BCUT2D eigenvalue weighted by molar-refractivity contribution is 7.98. The lowest BCUT2D eigenvalue weighted by molar-refractivity contribution is 0.529. The Morgan fingerprint density at radius 3 is 2.70 bits per heavy atom. The second-order valence-electron chi connectivity index (χ2n) is 6.19. The Morgan fingerprint density at radius 2 is 1.93 bits per heavy atom. The molecule has 4 aromatic rings. The van der Waals surface area contributed by atoms with Gasteiger partial charge >= 0.3 is 0 Å². The van der Waals surface area contributed by atoms with Crippen molar-refractivity contribution in [1.82, 2.24) is 19.7 Å². The summed E-state index contributed by atoms with van der Waals surface area (Å²) in [5.41, 5.74) is 4.21. The van der Waals surface area contributed by atoms with Crippen LogP contribution in [-0.2, 0) is 5.75 Å². The first kappa shape index (κ1) is 17.5. The van der Waals surface area contributed by atoms with Crippen molar-refractivity contribution in [2.45, 2.75) is 24.8 Å². The smallest absolute Gasteiger partial charge is 0.205 e. The Hall–Kier alpha value is -2.93. The number of rotatable bonds is 5. The summed E-state index contributed by atoms with van der Waals surface area (Å²) in [6.45, 7) is 4.14. The topological polar surface area (TPSA) is 56.7 Å². The van der Waals surface area contributed by atoms with Crippen molar-refractivity contribution >= 4 is 11.8 Å². The highest BCUT2D eigenvalue weighted by atomic mass is 32.2. The lowest BCUT2D eigenvalue weighted by atomic mass is 10.1. The van der Waals surface area contributed by atoms with Crippen LogP contribution in [0.4, 0.5) is 4.39 Å². The van der Waals surface area contributed by atoms with Crippen LogP contribution in [-0.4, -0.2) is 19.7 Å². The van der Waals surface area contributed by atoms with E-state index in [2.05, 4.69) is 47.2 Å². The first-order valence-electron chi connectivity index (χ1n) is 8.41. The fourth-order valence-corrected chi connectivity index (χ4v) is 3.59. The van der Waals surface area contributed by atoms with Crippen molar-refractivity contribution in [2.24, 2.45) is 0 Å². The third kappa shape index (κ3) is 3.78. The van der Waals surface area contributed by atoms with E-state index in [1.165, 1.54) is 29.5 Å². The van der Waals surface area contributed by atoms with Crippen LogP contribution in [0.1, 0.15) is 17.0 Å². The second-order valence-corrected chi connectivity index (χ2v) is 7.13. The Balaban J connectivity index is 1.50. The Morgan fingerprint density at radius 1 is 1.11 bits per heavy atom. The predicted octanol–water partition coefficient (Wildman–Crippen LogP) is 4.97. The fraction of sp³-hybridized carbons (Fsp3) is 0.150. The lowest BCUT2D eigenvalue weighted by Gasteiger charge is -2.09. The monoisotopic (exact) mass is 380 g/mol. The maximum atomic E-state index is 13.0. The Labute approximate surface area is 160 Å². The summed E-state index contributed by atoms with van der Waals surface area (Å²) in [4.78, 5) is 4.31. The molecule has 136 valence electrons. The molecule has 0 aliphatic heterocycles. The van der Waals surface area contributed by atoms with E-state index < -0.39 is 0 Å². The van der Waals surface area contributed by atoms with E-state index in [4.69, 9.17) is 4.42 Å². The van der Waals surface area contributed by atoms with Crippen LogP contribution in [0, 0.1) is 19.7 Å². The zero-order valence-electron chi connectivity index (χ0n) is 14.9. The summed E-state index contributed by atoms with van der Waals surface area (Å²) < 4.78 is 20.8. The van der Waals surface area contributed by atoms with Crippen molar-refractivity contribution in [2.75, 3.05) is 0 Å². The summed E-state index contributed by atoms with van der Waals surface area (Å²) in [6, 6.07) is 12.4. The Bertz CT molecular complexity index is 1070. The van der Waals surface area contributed by atoms with Gasteiger partial charge in [0.15, 0.2) is 10.9 Å². The van der Waals surface area contributed by atoms with E-state index in [0.717, 1.165) is 22.0 Å². The summed E-state index contributed by atoms with van der Waals surface area (Å²) in [7, 11) is 0. The van der Waals surface area contributed by atoms with Gasteiger partial charge in [0, 0.05) is 5.56 Å². The van der Waals surface area contributed by atoms with Gasteiger partial charge in [-0.2, -0.15) is 0 Å². The molecular formula is C20H17FN4OS. The van der Waals surface area contributed by atoms with E-state index in [1.807, 2.05) is 4.57 Å². The quantitative estimate of drug-likeness (QED) is 0.458. The number of halogens is 1. The molecule has 0 radical (unpaired) electrons. The van der Waals surface area contributed by atoms with Crippen molar-refractivity contribution < 1.29 is 8.81 Å². The minimum Gasteiger partial charge on any atom is -0.440 e. The van der Waals surface area contributed by atoms with Gasteiger partial charge in [-0.15, -0.1) is 10.2 Å². The SMILES string of the molecule is Cc1ccc(-n2cnnc2SCc2ncc(-c3ccc(F)cc3)o2)c(C)c1. The summed E-state index contributed by atoms with van der Waals surface area (Å²) in [5.74, 6) is 1.43. The second kappa shape index (κ2) is 7.36. The van der Waals surface area contributed by atoms with Gasteiger partial charge in [0.1, 0.15) is 12.1 Å². The van der Waals surface area contributed by atoms with Crippen LogP contribution in [0.3, 0.4) is 0 Å². The maximum absolute atomic E-state index is 13.0. The average molecular weight is 380 g/mol. The van der Waals surface area contributed by atoms with E-state index in [9.17, 15) is 4.39 Å². The number of oxazole rings is 1. The molecule has 2 aromatic heterocycles. The molecule has 0 amide bonds. The van der Waals surface area contributed by atoms with E-state index in [1.54, 1.807) is 24.7 Å². The molecule has 0 aliphatic carbocycles. The number of nitrogens with zero attached hydrogens (tertiary/aromatic N) is 4. The molecule has 0 spiro atoms. The molecule has 5 nitrogen and oxygen atoms in total. The van der Waals surface area contributed by atoms with Crippen LogP contribution in [0.5, 0.6) is 0 Å². The number of aromatic nitrogens is 4. The van der Waals surface area contributed by atoms with Gasteiger partial charge in [0.2, 0.25) is 5.89 Å². The van der Waals surface area contributed by atoms with Crippen LogP contribution in [0.25, 0.3) is 17.0 Å². The van der Waals surface area contributed by atoms with Crippen LogP contribution >= 0.6 is 11.8 Å². The molecule has 0 atom stereocenters. The molecule has 27 heavy (non-hydrogen) atoms. The Kier molecular flexibility index (Phi) is 4.77. The predicted molar refractivity (Wildman–Crippen MR) is 102 cm³/mol. The number of hydrogen-bond donors (Lipinski definition) is 0. The van der Waals surface area contributed by atoms with Gasteiger partial charge in [-0.05, 0) is 49.7 Å². The van der Waals surface area contributed by atoms with Crippen molar-refractivity contribution in [3.8, 4) is 17.0 Å². The van der Waals surface area contributed by atoms with Crippen molar-refractivity contribution in [3.63, 3.8) is 0 Å². The first-order valence-corrected chi connectivity index (χ1v) is 9.40. The van der Waals surface area contributed by atoms with Gasteiger partial charge in [0.25, 0.3) is 0 Å².